The molecular formula is C16H19N3S2. The molecule has 2 heterocycles. The number of hydrogen-bond acceptors (Lipinski definition) is 5. The van der Waals surface area contributed by atoms with Gasteiger partial charge in [0.05, 0.1) is 10.9 Å². The summed E-state index contributed by atoms with van der Waals surface area (Å²) in [5.41, 5.74) is 8.04. The molecule has 0 bridgehead atoms. The molecule has 5 heteroatoms. The molecule has 2 unspecified atom stereocenters. The van der Waals surface area contributed by atoms with Crippen LogP contribution in [0.25, 0.3) is 11.3 Å². The van der Waals surface area contributed by atoms with Crippen LogP contribution < -0.4 is 5.73 Å². The first kappa shape index (κ1) is 14.7. The van der Waals surface area contributed by atoms with Crippen LogP contribution in [0.4, 0.5) is 5.82 Å². The monoisotopic (exact) mass is 317 g/mol. The minimum Gasteiger partial charge on any atom is -0.384 e. The van der Waals surface area contributed by atoms with Crippen LogP contribution >= 0.6 is 23.5 Å². The van der Waals surface area contributed by atoms with E-state index in [1.54, 1.807) is 0 Å². The molecule has 1 aliphatic rings. The van der Waals surface area contributed by atoms with Crippen molar-refractivity contribution in [1.29, 1.82) is 0 Å². The average molecular weight is 317 g/mol. The molecule has 1 saturated heterocycles. The Morgan fingerprint density at radius 3 is 2.67 bits per heavy atom. The van der Waals surface area contributed by atoms with Gasteiger partial charge in [0.15, 0.2) is 0 Å². The zero-order valence-electron chi connectivity index (χ0n) is 12.0. The summed E-state index contributed by atoms with van der Waals surface area (Å²) in [6, 6.07) is 12.0. The lowest BCUT2D eigenvalue weighted by atomic mass is 10.1. The second kappa shape index (κ2) is 6.71. The van der Waals surface area contributed by atoms with Crippen molar-refractivity contribution in [2.45, 2.75) is 23.8 Å². The molecule has 2 aromatic rings. The van der Waals surface area contributed by atoms with E-state index in [9.17, 15) is 0 Å². The number of nitrogens with two attached hydrogens (primary N) is 1. The molecule has 3 nitrogen and oxygen atoms in total. The van der Waals surface area contributed by atoms with Gasteiger partial charge in [-0.15, -0.1) is 11.8 Å². The molecule has 0 aliphatic carbocycles. The first-order valence-electron chi connectivity index (χ1n) is 7.21. The van der Waals surface area contributed by atoms with Crippen LogP contribution in [0.15, 0.2) is 36.4 Å². The summed E-state index contributed by atoms with van der Waals surface area (Å²) in [4.78, 5) is 9.31. The van der Waals surface area contributed by atoms with Crippen LogP contribution in [0.1, 0.15) is 24.4 Å². The Morgan fingerprint density at radius 1 is 1.14 bits per heavy atom. The van der Waals surface area contributed by atoms with Gasteiger partial charge in [0.25, 0.3) is 0 Å². The molecule has 1 fully saturated rings. The van der Waals surface area contributed by atoms with Crippen LogP contribution in [-0.2, 0) is 0 Å². The largest absolute Gasteiger partial charge is 0.384 e. The predicted molar refractivity (Wildman–Crippen MR) is 93.6 cm³/mol. The van der Waals surface area contributed by atoms with Gasteiger partial charge in [0.1, 0.15) is 11.6 Å². The van der Waals surface area contributed by atoms with Gasteiger partial charge in [-0.05, 0) is 6.42 Å². The van der Waals surface area contributed by atoms with Crippen LogP contribution in [0.2, 0.25) is 0 Å². The van der Waals surface area contributed by atoms with Crippen molar-refractivity contribution in [2.75, 3.05) is 17.2 Å². The molecule has 2 N–H and O–H groups in total. The van der Waals surface area contributed by atoms with E-state index in [2.05, 4.69) is 24.0 Å². The van der Waals surface area contributed by atoms with Gasteiger partial charge in [0.2, 0.25) is 0 Å². The summed E-state index contributed by atoms with van der Waals surface area (Å²) in [5, 5.41) is 0.925. The zero-order valence-corrected chi connectivity index (χ0v) is 13.7. The molecule has 0 radical (unpaired) electrons. The fourth-order valence-corrected chi connectivity index (χ4v) is 5.50. The lowest BCUT2D eigenvalue weighted by Gasteiger charge is -2.29. The topological polar surface area (TPSA) is 51.8 Å². The molecule has 0 spiro atoms. The van der Waals surface area contributed by atoms with Gasteiger partial charge in [-0.3, -0.25) is 0 Å². The fourth-order valence-electron chi connectivity index (χ4n) is 2.51. The smallest absolute Gasteiger partial charge is 0.145 e. The summed E-state index contributed by atoms with van der Waals surface area (Å²) in [7, 11) is 0. The number of rotatable bonds is 3. The lowest BCUT2D eigenvalue weighted by Crippen LogP contribution is -2.21. The third-order valence-corrected chi connectivity index (χ3v) is 6.78. The summed E-state index contributed by atoms with van der Waals surface area (Å²) < 4.78 is 0. The number of hydrogen-bond donors (Lipinski definition) is 1. The summed E-state index contributed by atoms with van der Waals surface area (Å²) in [5.74, 6) is 3.82. The minimum atomic E-state index is 0.347. The average Bonchev–Trinajstić information content (AvgIpc) is 2.55. The van der Waals surface area contributed by atoms with Crippen molar-refractivity contribution >= 4 is 29.3 Å². The fraction of sp³-hybridized carbons (Fsp3) is 0.375. The third-order valence-electron chi connectivity index (χ3n) is 3.54. The van der Waals surface area contributed by atoms with Gasteiger partial charge >= 0.3 is 0 Å². The SMILES string of the molecule is CCC1SCCSC1c1nc(N)cc(-c2ccccc2)n1. The highest BCUT2D eigenvalue weighted by Crippen LogP contribution is 2.43. The maximum Gasteiger partial charge on any atom is 0.145 e. The van der Waals surface area contributed by atoms with Crippen LogP contribution in [-0.4, -0.2) is 26.7 Å². The Morgan fingerprint density at radius 2 is 1.90 bits per heavy atom. The van der Waals surface area contributed by atoms with E-state index in [1.807, 2.05) is 47.8 Å². The standard InChI is InChI=1S/C16H19N3S2/c1-2-13-15(21-9-8-20-13)16-18-12(10-14(17)19-16)11-6-4-3-5-7-11/h3-7,10,13,15H,2,8-9H2,1H3,(H2,17,18,19). The number of thioether (sulfide) groups is 2. The van der Waals surface area contributed by atoms with Crippen LogP contribution in [0, 0.1) is 0 Å². The highest BCUT2D eigenvalue weighted by Gasteiger charge is 2.29. The molecule has 1 aliphatic heterocycles. The molecule has 2 atom stereocenters. The molecule has 110 valence electrons. The second-order valence-corrected chi connectivity index (χ2v) is 7.61. The Bertz CT molecular complexity index is 604. The summed E-state index contributed by atoms with van der Waals surface area (Å²) >= 11 is 3.99. The van der Waals surface area contributed by atoms with Crippen LogP contribution in [0.5, 0.6) is 0 Å². The van der Waals surface area contributed by atoms with Crippen molar-refractivity contribution in [3.8, 4) is 11.3 Å². The van der Waals surface area contributed by atoms with E-state index in [-0.39, 0.29) is 0 Å². The molecular weight excluding hydrogens is 298 g/mol. The van der Waals surface area contributed by atoms with E-state index in [4.69, 9.17) is 10.7 Å². The Balaban J connectivity index is 1.97. The lowest BCUT2D eigenvalue weighted by molar-refractivity contribution is 0.752. The molecule has 3 rings (SSSR count). The van der Waals surface area contributed by atoms with Crippen molar-refractivity contribution in [2.24, 2.45) is 0 Å². The minimum absolute atomic E-state index is 0.347. The maximum atomic E-state index is 6.02. The highest BCUT2D eigenvalue weighted by atomic mass is 32.2. The van der Waals surface area contributed by atoms with E-state index in [0.717, 1.165) is 29.3 Å². The molecule has 1 aromatic heterocycles. The molecule has 1 aromatic carbocycles. The Kier molecular flexibility index (Phi) is 4.70. The number of nitrogen functional groups attached to an aromatic ring is 1. The van der Waals surface area contributed by atoms with Gasteiger partial charge in [-0.1, -0.05) is 37.3 Å². The van der Waals surface area contributed by atoms with Gasteiger partial charge < -0.3 is 5.73 Å². The number of benzene rings is 1. The van der Waals surface area contributed by atoms with Crippen molar-refractivity contribution in [1.82, 2.24) is 9.97 Å². The summed E-state index contributed by atoms with van der Waals surface area (Å²) in [6.07, 6.45) is 1.14. The highest BCUT2D eigenvalue weighted by molar-refractivity contribution is 8.06. The predicted octanol–water partition coefficient (Wildman–Crippen LogP) is 4.03. The van der Waals surface area contributed by atoms with Crippen molar-refractivity contribution in [3.05, 3.63) is 42.2 Å². The zero-order chi connectivity index (χ0) is 14.7. The number of aromatic nitrogens is 2. The number of anilines is 1. The normalized spacial score (nSPS) is 22.1. The van der Waals surface area contributed by atoms with Gasteiger partial charge in [-0.2, -0.15) is 11.8 Å². The third kappa shape index (κ3) is 3.35. The van der Waals surface area contributed by atoms with Crippen molar-refractivity contribution < 1.29 is 0 Å². The Hall–Kier alpha value is -1.20. The Labute approximate surface area is 134 Å². The molecule has 21 heavy (non-hydrogen) atoms. The van der Waals surface area contributed by atoms with Gasteiger partial charge in [0, 0.05) is 28.4 Å². The number of nitrogens with zero attached hydrogens (tertiary/aromatic N) is 2. The second-order valence-electron chi connectivity index (χ2n) is 5.01. The molecule has 0 amide bonds. The van der Waals surface area contributed by atoms with E-state index in [1.165, 1.54) is 5.75 Å². The van der Waals surface area contributed by atoms with E-state index in [0.29, 0.717) is 16.3 Å². The first-order valence-corrected chi connectivity index (χ1v) is 9.30. The van der Waals surface area contributed by atoms with E-state index < -0.39 is 0 Å². The maximum absolute atomic E-state index is 6.02. The van der Waals surface area contributed by atoms with E-state index >= 15 is 0 Å². The first-order chi connectivity index (χ1) is 10.3. The van der Waals surface area contributed by atoms with Gasteiger partial charge in [-0.25, -0.2) is 9.97 Å². The quantitative estimate of drug-likeness (QED) is 0.926. The van der Waals surface area contributed by atoms with Crippen LogP contribution in [0.3, 0.4) is 0 Å². The van der Waals surface area contributed by atoms with Crippen molar-refractivity contribution in [3.63, 3.8) is 0 Å². The molecule has 0 saturated carbocycles. The summed E-state index contributed by atoms with van der Waals surface area (Å²) in [6.45, 7) is 2.24.